The van der Waals surface area contributed by atoms with Gasteiger partial charge in [0.25, 0.3) is 5.91 Å². The second kappa shape index (κ2) is 5.43. The van der Waals surface area contributed by atoms with Crippen LogP contribution in [0, 0.1) is 6.92 Å². The van der Waals surface area contributed by atoms with E-state index in [0.29, 0.717) is 5.69 Å². The van der Waals surface area contributed by atoms with Gasteiger partial charge in [0, 0.05) is 12.7 Å². The van der Waals surface area contributed by atoms with Crippen LogP contribution in [-0.2, 0) is 4.79 Å². The van der Waals surface area contributed by atoms with Crippen LogP contribution in [0.5, 0.6) is 0 Å². The molecule has 2 rings (SSSR count). The molecule has 92 valence electrons. The maximum Gasteiger partial charge on any atom is 0.331 e. The van der Waals surface area contributed by atoms with Gasteiger partial charge < -0.3 is 4.90 Å². The number of nitrogens with zero attached hydrogens (tertiary/aromatic N) is 3. The molecular formula is C12H17N3O2. The first-order valence-electron chi connectivity index (χ1n) is 5.60. The standard InChI is InChI=1S/C10H11N3O2.C2H6/c1-7-3-4-8(5-11-7)13-9(14)6-12(2)10(13)15;1-2/h3-5H,6H2,1-2H3;1-2H3. The first-order chi connectivity index (χ1) is 8.09. The highest BCUT2D eigenvalue weighted by molar-refractivity contribution is 6.19. The maximum absolute atomic E-state index is 11.6. The Morgan fingerprint density at radius 2 is 1.88 bits per heavy atom. The van der Waals surface area contributed by atoms with E-state index < -0.39 is 0 Å². The fourth-order valence-corrected chi connectivity index (χ4v) is 1.47. The van der Waals surface area contributed by atoms with Gasteiger partial charge in [0.2, 0.25) is 0 Å². The highest BCUT2D eigenvalue weighted by Gasteiger charge is 2.34. The van der Waals surface area contributed by atoms with Gasteiger partial charge in [0.1, 0.15) is 6.54 Å². The van der Waals surface area contributed by atoms with E-state index in [1.807, 2.05) is 20.8 Å². The fraction of sp³-hybridized carbons (Fsp3) is 0.417. The minimum Gasteiger partial charge on any atom is -0.318 e. The lowest BCUT2D eigenvalue weighted by atomic mass is 10.3. The van der Waals surface area contributed by atoms with Crippen molar-refractivity contribution in [1.29, 1.82) is 0 Å². The van der Waals surface area contributed by atoms with Gasteiger partial charge in [-0.3, -0.25) is 9.78 Å². The molecule has 3 amide bonds. The first-order valence-corrected chi connectivity index (χ1v) is 5.60. The number of hydrogen-bond donors (Lipinski definition) is 0. The summed E-state index contributed by atoms with van der Waals surface area (Å²) in [7, 11) is 1.60. The Bertz CT molecular complexity index is 414. The summed E-state index contributed by atoms with van der Waals surface area (Å²) in [5.41, 5.74) is 1.38. The number of aryl methyl sites for hydroxylation is 1. The number of likely N-dealkylation sites (N-methyl/N-ethyl adjacent to an activating group) is 1. The third-order valence-electron chi connectivity index (χ3n) is 2.29. The van der Waals surface area contributed by atoms with E-state index in [1.165, 1.54) is 11.1 Å². The van der Waals surface area contributed by atoms with Crippen molar-refractivity contribution >= 4 is 17.6 Å². The van der Waals surface area contributed by atoms with Crippen molar-refractivity contribution in [2.24, 2.45) is 0 Å². The van der Waals surface area contributed by atoms with E-state index in [9.17, 15) is 9.59 Å². The molecule has 0 unspecified atom stereocenters. The Kier molecular flexibility index (Phi) is 4.20. The molecule has 1 aromatic rings. The predicted octanol–water partition coefficient (Wildman–Crippen LogP) is 1.81. The Morgan fingerprint density at radius 3 is 2.29 bits per heavy atom. The Hall–Kier alpha value is -1.91. The number of hydrogen-bond acceptors (Lipinski definition) is 3. The molecule has 0 N–H and O–H groups in total. The van der Waals surface area contributed by atoms with Gasteiger partial charge in [-0.25, -0.2) is 9.69 Å². The highest BCUT2D eigenvalue weighted by atomic mass is 16.2. The molecule has 1 aromatic heterocycles. The normalized spacial score (nSPS) is 14.8. The van der Waals surface area contributed by atoms with E-state index in [4.69, 9.17) is 0 Å². The summed E-state index contributed by atoms with van der Waals surface area (Å²) in [5, 5.41) is 0. The number of imide groups is 1. The Balaban J connectivity index is 0.000000686. The summed E-state index contributed by atoms with van der Waals surface area (Å²) >= 11 is 0. The molecule has 0 bridgehead atoms. The van der Waals surface area contributed by atoms with E-state index in [2.05, 4.69) is 4.98 Å². The predicted molar refractivity (Wildman–Crippen MR) is 65.8 cm³/mol. The molecule has 0 saturated carbocycles. The van der Waals surface area contributed by atoms with Crippen molar-refractivity contribution in [3.05, 3.63) is 24.0 Å². The molecule has 0 atom stereocenters. The molecule has 0 radical (unpaired) electrons. The van der Waals surface area contributed by atoms with Crippen LogP contribution in [0.25, 0.3) is 0 Å². The molecule has 17 heavy (non-hydrogen) atoms. The lowest BCUT2D eigenvalue weighted by Crippen LogP contribution is -2.31. The molecule has 1 saturated heterocycles. The molecule has 0 aliphatic carbocycles. The number of urea groups is 1. The van der Waals surface area contributed by atoms with Crippen molar-refractivity contribution < 1.29 is 9.59 Å². The SMILES string of the molecule is CC.Cc1ccc(N2C(=O)CN(C)C2=O)cn1. The summed E-state index contributed by atoms with van der Waals surface area (Å²) < 4.78 is 0. The molecule has 0 spiro atoms. The third kappa shape index (κ3) is 2.61. The van der Waals surface area contributed by atoms with E-state index in [1.54, 1.807) is 19.2 Å². The minimum atomic E-state index is -0.300. The maximum atomic E-state index is 11.6. The quantitative estimate of drug-likeness (QED) is 0.698. The number of anilines is 1. The van der Waals surface area contributed by atoms with Gasteiger partial charge >= 0.3 is 6.03 Å². The lowest BCUT2D eigenvalue weighted by Gasteiger charge is -2.13. The van der Waals surface area contributed by atoms with Gasteiger partial charge in [-0.15, -0.1) is 0 Å². The van der Waals surface area contributed by atoms with Crippen LogP contribution in [0.15, 0.2) is 18.3 Å². The number of amides is 3. The van der Waals surface area contributed by atoms with Crippen LogP contribution >= 0.6 is 0 Å². The summed E-state index contributed by atoms with van der Waals surface area (Å²) in [5.74, 6) is -0.215. The van der Waals surface area contributed by atoms with E-state index in [-0.39, 0.29) is 18.5 Å². The van der Waals surface area contributed by atoms with Gasteiger partial charge in [-0.2, -0.15) is 0 Å². The largest absolute Gasteiger partial charge is 0.331 e. The molecular weight excluding hydrogens is 218 g/mol. The topological polar surface area (TPSA) is 53.5 Å². The molecule has 1 aliphatic heterocycles. The second-order valence-electron chi connectivity index (χ2n) is 3.53. The average Bonchev–Trinajstić information content (AvgIpc) is 2.58. The number of aromatic nitrogens is 1. The number of pyridine rings is 1. The number of carbonyl (C=O) groups excluding carboxylic acids is 2. The van der Waals surface area contributed by atoms with Crippen molar-refractivity contribution in [3.8, 4) is 0 Å². The molecule has 1 fully saturated rings. The minimum absolute atomic E-state index is 0.132. The van der Waals surface area contributed by atoms with Crippen LogP contribution in [0.1, 0.15) is 19.5 Å². The zero-order valence-corrected chi connectivity index (χ0v) is 10.6. The molecule has 5 heteroatoms. The van der Waals surface area contributed by atoms with Crippen molar-refractivity contribution in [2.75, 3.05) is 18.5 Å². The Labute approximate surface area is 101 Å². The van der Waals surface area contributed by atoms with Gasteiger partial charge in [0.15, 0.2) is 0 Å². The first kappa shape index (κ1) is 13.2. The van der Waals surface area contributed by atoms with Crippen molar-refractivity contribution in [2.45, 2.75) is 20.8 Å². The van der Waals surface area contributed by atoms with Gasteiger partial charge in [0.05, 0.1) is 11.9 Å². The summed E-state index contributed by atoms with van der Waals surface area (Å²) in [6, 6.07) is 3.19. The molecule has 0 aromatic carbocycles. The second-order valence-corrected chi connectivity index (χ2v) is 3.53. The van der Waals surface area contributed by atoms with Crippen molar-refractivity contribution in [3.63, 3.8) is 0 Å². The third-order valence-corrected chi connectivity index (χ3v) is 2.29. The van der Waals surface area contributed by atoms with Crippen LogP contribution in [0.4, 0.5) is 10.5 Å². The van der Waals surface area contributed by atoms with Crippen LogP contribution in [0.2, 0.25) is 0 Å². The summed E-state index contributed by atoms with van der Waals surface area (Å²) in [4.78, 5) is 29.7. The van der Waals surface area contributed by atoms with Gasteiger partial charge in [-0.1, -0.05) is 13.8 Å². The number of carbonyl (C=O) groups is 2. The van der Waals surface area contributed by atoms with Crippen LogP contribution in [0.3, 0.4) is 0 Å². The zero-order chi connectivity index (χ0) is 13.0. The monoisotopic (exact) mass is 235 g/mol. The van der Waals surface area contributed by atoms with E-state index in [0.717, 1.165) is 10.6 Å². The highest BCUT2D eigenvalue weighted by Crippen LogP contribution is 2.19. The smallest absolute Gasteiger partial charge is 0.318 e. The molecule has 5 nitrogen and oxygen atoms in total. The average molecular weight is 235 g/mol. The lowest BCUT2D eigenvalue weighted by molar-refractivity contribution is -0.116. The molecule has 2 heterocycles. The zero-order valence-electron chi connectivity index (χ0n) is 10.6. The van der Waals surface area contributed by atoms with Crippen molar-refractivity contribution in [1.82, 2.24) is 9.88 Å². The van der Waals surface area contributed by atoms with Crippen LogP contribution < -0.4 is 4.90 Å². The van der Waals surface area contributed by atoms with Gasteiger partial charge in [-0.05, 0) is 19.1 Å². The fourth-order valence-electron chi connectivity index (χ4n) is 1.47. The Morgan fingerprint density at radius 1 is 1.24 bits per heavy atom. The van der Waals surface area contributed by atoms with E-state index >= 15 is 0 Å². The molecule has 1 aliphatic rings. The van der Waals surface area contributed by atoms with Crippen LogP contribution in [-0.4, -0.2) is 35.4 Å². The summed E-state index contributed by atoms with van der Waals surface area (Å²) in [6.07, 6.45) is 1.53. The number of rotatable bonds is 1. The summed E-state index contributed by atoms with van der Waals surface area (Å²) in [6.45, 7) is 5.98.